The Kier molecular flexibility index (Phi) is 4.51. The van der Waals surface area contributed by atoms with Gasteiger partial charge in [-0.15, -0.1) is 0 Å². The number of benzene rings is 1. The Morgan fingerprint density at radius 3 is 2.68 bits per heavy atom. The predicted molar refractivity (Wildman–Crippen MR) is 83.6 cm³/mol. The molecule has 0 radical (unpaired) electrons. The van der Waals surface area contributed by atoms with Crippen LogP contribution in [0.1, 0.15) is 44.6 Å². The Bertz CT molecular complexity index is 415. The fourth-order valence-electron chi connectivity index (χ4n) is 3.91. The fourth-order valence-corrected chi connectivity index (χ4v) is 3.91. The van der Waals surface area contributed by atoms with Crippen LogP contribution >= 0.6 is 0 Å². The second-order valence-corrected chi connectivity index (χ2v) is 6.00. The third kappa shape index (κ3) is 2.51. The zero-order valence-electron chi connectivity index (χ0n) is 12.7. The first-order valence-corrected chi connectivity index (χ1v) is 7.65. The van der Waals surface area contributed by atoms with Crippen molar-refractivity contribution >= 4 is 5.69 Å². The van der Waals surface area contributed by atoms with Crippen LogP contribution in [0.15, 0.2) is 24.3 Å². The first kappa shape index (κ1) is 14.4. The van der Waals surface area contributed by atoms with Crippen LogP contribution in [0.4, 0.5) is 5.69 Å². The molecule has 1 aliphatic carbocycles. The molecule has 2 nitrogen and oxygen atoms in total. The lowest BCUT2D eigenvalue weighted by Gasteiger charge is -2.51. The van der Waals surface area contributed by atoms with Gasteiger partial charge in [0.25, 0.3) is 0 Å². The SMILES string of the molecule is CCC1CCCCC1(CN)N(C)c1ccccc1C. The number of hydrogen-bond donors (Lipinski definition) is 1. The highest BCUT2D eigenvalue weighted by molar-refractivity contribution is 5.55. The molecule has 0 spiro atoms. The van der Waals surface area contributed by atoms with Crippen molar-refractivity contribution in [3.05, 3.63) is 29.8 Å². The quantitative estimate of drug-likeness (QED) is 0.894. The molecule has 19 heavy (non-hydrogen) atoms. The molecule has 2 rings (SSSR count). The first-order chi connectivity index (χ1) is 9.15. The van der Waals surface area contributed by atoms with Gasteiger partial charge in [-0.25, -0.2) is 0 Å². The highest BCUT2D eigenvalue weighted by atomic mass is 15.2. The number of aryl methyl sites for hydroxylation is 1. The van der Waals surface area contributed by atoms with Crippen molar-refractivity contribution in [2.45, 2.75) is 51.5 Å². The monoisotopic (exact) mass is 260 g/mol. The van der Waals surface area contributed by atoms with Crippen LogP contribution in [-0.4, -0.2) is 19.1 Å². The van der Waals surface area contributed by atoms with Crippen molar-refractivity contribution < 1.29 is 0 Å². The van der Waals surface area contributed by atoms with Crippen molar-refractivity contribution in [2.75, 3.05) is 18.5 Å². The van der Waals surface area contributed by atoms with E-state index in [9.17, 15) is 0 Å². The van der Waals surface area contributed by atoms with Crippen LogP contribution < -0.4 is 10.6 Å². The summed E-state index contributed by atoms with van der Waals surface area (Å²) < 4.78 is 0. The number of likely N-dealkylation sites (N-methyl/N-ethyl adjacent to an activating group) is 1. The molecule has 0 heterocycles. The smallest absolute Gasteiger partial charge is 0.0548 e. The minimum atomic E-state index is 0.152. The average Bonchev–Trinajstić information content (AvgIpc) is 2.46. The molecule has 0 amide bonds. The lowest BCUT2D eigenvalue weighted by atomic mass is 9.70. The molecule has 0 saturated heterocycles. The molecule has 2 unspecified atom stereocenters. The molecule has 0 aromatic heterocycles. The lowest BCUT2D eigenvalue weighted by Crippen LogP contribution is -2.59. The number of hydrogen-bond acceptors (Lipinski definition) is 2. The Morgan fingerprint density at radius 1 is 1.32 bits per heavy atom. The van der Waals surface area contributed by atoms with E-state index in [1.54, 1.807) is 0 Å². The number of para-hydroxylation sites is 1. The molecule has 1 aromatic rings. The summed E-state index contributed by atoms with van der Waals surface area (Å²) in [5, 5.41) is 0. The second kappa shape index (κ2) is 5.96. The van der Waals surface area contributed by atoms with Crippen LogP contribution in [-0.2, 0) is 0 Å². The summed E-state index contributed by atoms with van der Waals surface area (Å²) in [6, 6.07) is 8.67. The summed E-state index contributed by atoms with van der Waals surface area (Å²) >= 11 is 0. The maximum atomic E-state index is 6.25. The van der Waals surface area contributed by atoms with Gasteiger partial charge in [0.2, 0.25) is 0 Å². The van der Waals surface area contributed by atoms with Crippen molar-refractivity contribution in [2.24, 2.45) is 11.7 Å². The third-order valence-electron chi connectivity index (χ3n) is 5.16. The molecule has 2 N–H and O–H groups in total. The summed E-state index contributed by atoms with van der Waals surface area (Å²) in [5.74, 6) is 0.718. The molecule has 1 aromatic carbocycles. The third-order valence-corrected chi connectivity index (χ3v) is 5.16. The second-order valence-electron chi connectivity index (χ2n) is 6.00. The predicted octanol–water partition coefficient (Wildman–Crippen LogP) is 3.73. The Balaban J connectivity index is 2.37. The molecule has 2 atom stereocenters. The van der Waals surface area contributed by atoms with E-state index in [1.165, 1.54) is 43.4 Å². The molecule has 1 fully saturated rings. The number of nitrogens with two attached hydrogens (primary N) is 1. The number of nitrogens with zero attached hydrogens (tertiary/aromatic N) is 1. The van der Waals surface area contributed by atoms with E-state index in [2.05, 4.69) is 50.1 Å². The highest BCUT2D eigenvalue weighted by Gasteiger charge is 2.42. The van der Waals surface area contributed by atoms with Crippen molar-refractivity contribution in [3.63, 3.8) is 0 Å². The summed E-state index contributed by atoms with van der Waals surface area (Å²) in [4.78, 5) is 2.48. The minimum Gasteiger partial charge on any atom is -0.367 e. The fraction of sp³-hybridized carbons (Fsp3) is 0.647. The van der Waals surface area contributed by atoms with E-state index in [0.717, 1.165) is 12.5 Å². The van der Waals surface area contributed by atoms with Crippen LogP contribution in [0.2, 0.25) is 0 Å². The summed E-state index contributed by atoms with van der Waals surface area (Å²) in [6.07, 6.45) is 6.45. The van der Waals surface area contributed by atoms with Gasteiger partial charge < -0.3 is 10.6 Å². The maximum Gasteiger partial charge on any atom is 0.0548 e. The molecule has 106 valence electrons. The minimum absolute atomic E-state index is 0.152. The maximum absolute atomic E-state index is 6.25. The van der Waals surface area contributed by atoms with E-state index >= 15 is 0 Å². The van der Waals surface area contributed by atoms with Crippen molar-refractivity contribution in [3.8, 4) is 0 Å². The van der Waals surface area contributed by atoms with Gasteiger partial charge in [0.15, 0.2) is 0 Å². The van der Waals surface area contributed by atoms with Gasteiger partial charge in [0.05, 0.1) is 5.54 Å². The molecule has 0 aliphatic heterocycles. The summed E-state index contributed by atoms with van der Waals surface area (Å²) in [7, 11) is 2.24. The van der Waals surface area contributed by atoms with Crippen molar-refractivity contribution in [1.29, 1.82) is 0 Å². The zero-order valence-corrected chi connectivity index (χ0v) is 12.7. The van der Waals surface area contributed by atoms with Gasteiger partial charge in [-0.3, -0.25) is 0 Å². The molecular weight excluding hydrogens is 232 g/mol. The van der Waals surface area contributed by atoms with Gasteiger partial charge in [0, 0.05) is 19.3 Å². The normalized spacial score (nSPS) is 27.3. The van der Waals surface area contributed by atoms with E-state index in [-0.39, 0.29) is 5.54 Å². The van der Waals surface area contributed by atoms with Gasteiger partial charge in [-0.2, -0.15) is 0 Å². The molecular formula is C17H28N2. The average molecular weight is 260 g/mol. The number of anilines is 1. The number of rotatable bonds is 4. The first-order valence-electron chi connectivity index (χ1n) is 7.65. The van der Waals surface area contributed by atoms with Crippen molar-refractivity contribution in [1.82, 2.24) is 0 Å². The van der Waals surface area contributed by atoms with E-state index < -0.39 is 0 Å². The largest absolute Gasteiger partial charge is 0.367 e. The molecule has 2 heteroatoms. The van der Waals surface area contributed by atoms with Gasteiger partial charge in [-0.05, 0) is 37.3 Å². The van der Waals surface area contributed by atoms with Crippen LogP contribution in [0.25, 0.3) is 0 Å². The standard InChI is InChI=1S/C17H28N2/c1-4-15-10-7-8-12-17(15,13-18)19(3)16-11-6-5-9-14(16)2/h5-6,9,11,15H,4,7-8,10,12-13,18H2,1-3H3. The topological polar surface area (TPSA) is 29.3 Å². The van der Waals surface area contributed by atoms with E-state index in [1.807, 2.05) is 0 Å². The highest BCUT2D eigenvalue weighted by Crippen LogP contribution is 2.41. The summed E-state index contributed by atoms with van der Waals surface area (Å²) in [5.41, 5.74) is 9.09. The van der Waals surface area contributed by atoms with Gasteiger partial charge in [0.1, 0.15) is 0 Å². The van der Waals surface area contributed by atoms with E-state index in [0.29, 0.717) is 0 Å². The van der Waals surface area contributed by atoms with Gasteiger partial charge >= 0.3 is 0 Å². The Labute approximate surface area is 118 Å². The van der Waals surface area contributed by atoms with Gasteiger partial charge in [-0.1, -0.05) is 44.4 Å². The molecule has 1 aliphatic rings. The zero-order chi connectivity index (χ0) is 13.9. The van der Waals surface area contributed by atoms with E-state index in [4.69, 9.17) is 5.73 Å². The molecule has 0 bridgehead atoms. The Morgan fingerprint density at radius 2 is 2.05 bits per heavy atom. The van der Waals surface area contributed by atoms with Crippen LogP contribution in [0.5, 0.6) is 0 Å². The van der Waals surface area contributed by atoms with Crippen LogP contribution in [0.3, 0.4) is 0 Å². The summed E-state index contributed by atoms with van der Waals surface area (Å²) in [6.45, 7) is 5.27. The molecule has 1 saturated carbocycles. The van der Waals surface area contributed by atoms with Crippen LogP contribution in [0, 0.1) is 12.8 Å². The lowest BCUT2D eigenvalue weighted by molar-refractivity contribution is 0.182. The Hall–Kier alpha value is -1.02.